The third-order valence-corrected chi connectivity index (χ3v) is 6.87. The number of aromatic nitrogens is 2. The number of sulfonamides is 1. The summed E-state index contributed by atoms with van der Waals surface area (Å²) in [6.07, 6.45) is 0. The van der Waals surface area contributed by atoms with Crippen molar-refractivity contribution in [2.75, 3.05) is 6.54 Å². The Morgan fingerprint density at radius 3 is 2.61 bits per heavy atom. The maximum Gasteiger partial charge on any atom is 0.240 e. The van der Waals surface area contributed by atoms with Crippen molar-refractivity contribution >= 4 is 38.7 Å². The number of halogens is 1. The van der Waals surface area contributed by atoms with Crippen LogP contribution in [-0.2, 0) is 16.6 Å². The third kappa shape index (κ3) is 4.07. The van der Waals surface area contributed by atoms with Gasteiger partial charge in [-0.25, -0.2) is 13.1 Å². The van der Waals surface area contributed by atoms with E-state index < -0.39 is 10.0 Å². The zero-order valence-corrected chi connectivity index (χ0v) is 16.9. The van der Waals surface area contributed by atoms with Crippen molar-refractivity contribution in [1.29, 1.82) is 0 Å². The molecule has 144 valence electrons. The summed E-state index contributed by atoms with van der Waals surface area (Å²) in [6.45, 7) is 0.747. The van der Waals surface area contributed by atoms with Crippen LogP contribution in [0.15, 0.2) is 64.6 Å². The lowest BCUT2D eigenvalue weighted by Gasteiger charge is -2.09. The second-order valence-electron chi connectivity index (χ2n) is 6.10. The Bertz CT molecular complexity index is 1100. The molecule has 0 saturated heterocycles. The summed E-state index contributed by atoms with van der Waals surface area (Å²) >= 11 is 7.13. The van der Waals surface area contributed by atoms with Crippen LogP contribution in [0.2, 0.25) is 5.02 Å². The van der Waals surface area contributed by atoms with E-state index in [0.717, 1.165) is 11.3 Å². The molecule has 0 amide bonds. The van der Waals surface area contributed by atoms with Gasteiger partial charge < -0.3 is 5.43 Å². The fourth-order valence-electron chi connectivity index (χ4n) is 2.84. The number of hydrogen-bond donors (Lipinski definition) is 2. The minimum atomic E-state index is -3.65. The van der Waals surface area contributed by atoms with E-state index in [2.05, 4.69) is 37.6 Å². The molecule has 0 radical (unpaired) electrons. The van der Waals surface area contributed by atoms with Crippen LogP contribution in [0.4, 0.5) is 0 Å². The van der Waals surface area contributed by atoms with Gasteiger partial charge >= 0.3 is 0 Å². The molecule has 4 rings (SSSR count). The average molecular weight is 434 g/mol. The monoisotopic (exact) mass is 433 g/mol. The molecule has 2 N–H and O–H groups in total. The van der Waals surface area contributed by atoms with E-state index in [9.17, 15) is 8.42 Å². The highest BCUT2D eigenvalue weighted by Crippen LogP contribution is 2.26. The largest absolute Gasteiger partial charge is 0.309 e. The Balaban J connectivity index is 1.47. The van der Waals surface area contributed by atoms with Gasteiger partial charge in [0.1, 0.15) is 10.7 Å². The smallest absolute Gasteiger partial charge is 0.240 e. The molecule has 1 aliphatic rings. The van der Waals surface area contributed by atoms with Gasteiger partial charge in [0.25, 0.3) is 0 Å². The van der Waals surface area contributed by atoms with E-state index in [1.165, 1.54) is 35.6 Å². The molecule has 3 aromatic rings. The van der Waals surface area contributed by atoms with Gasteiger partial charge in [0.2, 0.25) is 10.0 Å². The summed E-state index contributed by atoms with van der Waals surface area (Å²) in [4.78, 5) is 0.148. The first-order valence-corrected chi connectivity index (χ1v) is 11.1. The van der Waals surface area contributed by atoms with Crippen LogP contribution < -0.4 is 10.1 Å². The molecule has 1 atom stereocenters. The van der Waals surface area contributed by atoms with Gasteiger partial charge in [-0.05, 0) is 29.8 Å². The lowest BCUT2D eigenvalue weighted by atomic mass is 9.95. The molecule has 0 bridgehead atoms. The predicted molar refractivity (Wildman–Crippen MR) is 109 cm³/mol. The standard InChI is InChI=1S/C18H16ClN5O2S2/c19-13-6-8-14(9-7-13)28(25,26)21-11-16-22-24-18(27-16)17-15(10-20-23-17)12-4-2-1-3-5-12/h1-9,15,20-21H,10-11H2. The van der Waals surface area contributed by atoms with Crippen LogP contribution in [0.25, 0.3) is 0 Å². The summed E-state index contributed by atoms with van der Waals surface area (Å²) in [5.41, 5.74) is 4.98. The molecule has 0 fully saturated rings. The topological polar surface area (TPSA) is 96.3 Å². The van der Waals surface area contributed by atoms with Crippen LogP contribution in [0.1, 0.15) is 21.5 Å². The maximum absolute atomic E-state index is 12.4. The van der Waals surface area contributed by atoms with E-state index in [1.54, 1.807) is 0 Å². The highest BCUT2D eigenvalue weighted by atomic mass is 35.5. The highest BCUT2D eigenvalue weighted by Gasteiger charge is 2.27. The zero-order chi connectivity index (χ0) is 19.6. The quantitative estimate of drug-likeness (QED) is 0.623. The molecule has 1 unspecified atom stereocenters. The summed E-state index contributed by atoms with van der Waals surface area (Å²) < 4.78 is 27.3. The molecule has 1 aromatic heterocycles. The van der Waals surface area contributed by atoms with Crippen molar-refractivity contribution < 1.29 is 8.42 Å². The van der Waals surface area contributed by atoms with Crippen molar-refractivity contribution in [2.45, 2.75) is 17.4 Å². The molecule has 28 heavy (non-hydrogen) atoms. The Labute approximate surface area is 171 Å². The number of nitrogens with one attached hydrogen (secondary N) is 2. The van der Waals surface area contributed by atoms with Crippen LogP contribution in [0.5, 0.6) is 0 Å². The molecule has 0 saturated carbocycles. The Morgan fingerprint density at radius 2 is 1.86 bits per heavy atom. The third-order valence-electron chi connectivity index (χ3n) is 4.25. The maximum atomic E-state index is 12.4. The molecule has 10 heteroatoms. The lowest BCUT2D eigenvalue weighted by molar-refractivity contribution is 0.581. The number of nitrogens with zero attached hydrogens (tertiary/aromatic N) is 3. The van der Waals surface area contributed by atoms with Crippen molar-refractivity contribution in [3.05, 3.63) is 75.2 Å². The van der Waals surface area contributed by atoms with Gasteiger partial charge in [-0.3, -0.25) is 0 Å². The van der Waals surface area contributed by atoms with E-state index in [0.29, 0.717) is 21.6 Å². The van der Waals surface area contributed by atoms with Crippen molar-refractivity contribution in [3.63, 3.8) is 0 Å². The highest BCUT2D eigenvalue weighted by molar-refractivity contribution is 7.89. The molecule has 0 aliphatic carbocycles. The fraction of sp³-hybridized carbons (Fsp3) is 0.167. The summed E-state index contributed by atoms with van der Waals surface area (Å²) in [5, 5.41) is 14.4. The minimum Gasteiger partial charge on any atom is -0.309 e. The molecular weight excluding hydrogens is 418 g/mol. The fourth-order valence-corrected chi connectivity index (χ4v) is 4.87. The normalized spacial score (nSPS) is 16.6. The second-order valence-corrected chi connectivity index (χ2v) is 9.37. The molecule has 2 aromatic carbocycles. The Morgan fingerprint density at radius 1 is 1.11 bits per heavy atom. The van der Waals surface area contributed by atoms with Gasteiger partial charge in [0.15, 0.2) is 5.01 Å². The lowest BCUT2D eigenvalue weighted by Crippen LogP contribution is -2.23. The first kappa shape index (κ1) is 19.0. The van der Waals surface area contributed by atoms with Gasteiger partial charge in [-0.15, -0.1) is 10.2 Å². The SMILES string of the molecule is O=S(=O)(NCc1nnc(C2=NNCC2c2ccccc2)s1)c1ccc(Cl)cc1. The van der Waals surface area contributed by atoms with Crippen molar-refractivity contribution in [3.8, 4) is 0 Å². The predicted octanol–water partition coefficient (Wildman–Crippen LogP) is 2.76. The first-order valence-electron chi connectivity index (χ1n) is 8.46. The summed E-state index contributed by atoms with van der Waals surface area (Å²) in [5.74, 6) is 0.0905. The van der Waals surface area contributed by atoms with Crippen LogP contribution in [-0.4, -0.2) is 30.9 Å². The van der Waals surface area contributed by atoms with Crippen LogP contribution >= 0.6 is 22.9 Å². The summed E-state index contributed by atoms with van der Waals surface area (Å²) in [6, 6.07) is 16.0. The summed E-state index contributed by atoms with van der Waals surface area (Å²) in [7, 11) is -3.65. The molecule has 2 heterocycles. The molecule has 1 aliphatic heterocycles. The first-order chi connectivity index (χ1) is 13.5. The molecular formula is C18H16ClN5O2S2. The minimum absolute atomic E-state index is 0.0549. The molecule has 0 spiro atoms. The van der Waals surface area contributed by atoms with E-state index in [-0.39, 0.29) is 17.4 Å². The number of benzene rings is 2. The number of hydrogen-bond acceptors (Lipinski definition) is 7. The van der Waals surface area contributed by atoms with Crippen molar-refractivity contribution in [2.24, 2.45) is 5.10 Å². The number of rotatable bonds is 6. The Hall–Kier alpha value is -2.33. The van der Waals surface area contributed by atoms with Crippen LogP contribution in [0.3, 0.4) is 0 Å². The van der Waals surface area contributed by atoms with E-state index in [4.69, 9.17) is 11.6 Å². The van der Waals surface area contributed by atoms with Gasteiger partial charge in [-0.1, -0.05) is 53.3 Å². The average Bonchev–Trinajstić information content (AvgIpc) is 3.37. The Kier molecular flexibility index (Phi) is 5.40. The van der Waals surface area contributed by atoms with E-state index >= 15 is 0 Å². The van der Waals surface area contributed by atoms with Gasteiger partial charge in [0, 0.05) is 11.6 Å². The zero-order valence-electron chi connectivity index (χ0n) is 14.5. The van der Waals surface area contributed by atoms with Crippen molar-refractivity contribution in [1.82, 2.24) is 20.3 Å². The molecule has 7 nitrogen and oxygen atoms in total. The van der Waals surface area contributed by atoms with Crippen LogP contribution in [0, 0.1) is 0 Å². The van der Waals surface area contributed by atoms with Gasteiger partial charge in [0.05, 0.1) is 17.4 Å². The number of hydrazone groups is 1. The second kappa shape index (κ2) is 7.96. The van der Waals surface area contributed by atoms with Gasteiger partial charge in [-0.2, -0.15) is 5.10 Å². The van der Waals surface area contributed by atoms with E-state index in [1.807, 2.05) is 18.2 Å².